The van der Waals surface area contributed by atoms with E-state index in [-0.39, 0.29) is 11.9 Å². The summed E-state index contributed by atoms with van der Waals surface area (Å²) in [4.78, 5) is 28.9. The summed E-state index contributed by atoms with van der Waals surface area (Å²) < 4.78 is 0. The molecule has 1 amide bonds. The maximum absolute atomic E-state index is 13.3. The number of fused-ring (bicyclic) bond motifs is 1. The van der Waals surface area contributed by atoms with Crippen molar-refractivity contribution in [1.29, 1.82) is 0 Å². The van der Waals surface area contributed by atoms with Crippen molar-refractivity contribution in [2.24, 2.45) is 11.8 Å². The number of carbonyl (C=O) groups excluding carboxylic acids is 1. The lowest BCUT2D eigenvalue weighted by atomic mass is 9.78. The normalized spacial score (nSPS) is 23.7. The molecule has 0 bridgehead atoms. The molecule has 0 radical (unpaired) electrons. The zero-order valence-electron chi connectivity index (χ0n) is 19.8. The summed E-state index contributed by atoms with van der Waals surface area (Å²) in [7, 11) is 0. The first-order valence-electron chi connectivity index (χ1n) is 12.1. The standard InChI is InChI=1S/C26H33N5OS/c1-17-8-7-11-21(18(17)2)29-25(32)23-19(3)22-24(27-16-28-26(22)33-23)31-14-12-30(13-15-31)20-9-5-4-6-10-20/h4-6,9-10,16-18,21H,7-8,11-15H2,1-3H3,(H,29,32)/t17-,18+,21+/m0/s1. The molecule has 7 heteroatoms. The highest BCUT2D eigenvalue weighted by Gasteiger charge is 2.30. The molecular formula is C26H33N5OS. The molecule has 2 fully saturated rings. The largest absolute Gasteiger partial charge is 0.368 e. The number of para-hydroxylation sites is 1. The van der Waals surface area contributed by atoms with Gasteiger partial charge in [-0.3, -0.25) is 4.79 Å². The molecule has 3 aromatic rings. The van der Waals surface area contributed by atoms with Crippen LogP contribution in [-0.2, 0) is 0 Å². The molecule has 1 aliphatic carbocycles. The molecule has 5 rings (SSSR count). The molecular weight excluding hydrogens is 430 g/mol. The van der Waals surface area contributed by atoms with E-state index in [1.807, 2.05) is 6.92 Å². The van der Waals surface area contributed by atoms with Crippen molar-refractivity contribution < 1.29 is 4.79 Å². The summed E-state index contributed by atoms with van der Waals surface area (Å²) in [5, 5.41) is 4.38. The summed E-state index contributed by atoms with van der Waals surface area (Å²) in [5.41, 5.74) is 2.27. The van der Waals surface area contributed by atoms with Crippen LogP contribution in [0.2, 0.25) is 0 Å². The van der Waals surface area contributed by atoms with Crippen LogP contribution in [0.3, 0.4) is 0 Å². The van der Waals surface area contributed by atoms with Crippen LogP contribution in [0.1, 0.15) is 48.3 Å². The summed E-state index contributed by atoms with van der Waals surface area (Å²) in [6.07, 6.45) is 5.15. The van der Waals surface area contributed by atoms with E-state index in [9.17, 15) is 4.79 Å². The van der Waals surface area contributed by atoms with Crippen molar-refractivity contribution in [3.05, 3.63) is 47.1 Å². The van der Waals surface area contributed by atoms with Crippen LogP contribution < -0.4 is 15.1 Å². The molecule has 1 aromatic carbocycles. The average molecular weight is 464 g/mol. The van der Waals surface area contributed by atoms with Gasteiger partial charge < -0.3 is 15.1 Å². The number of piperazine rings is 1. The van der Waals surface area contributed by atoms with Gasteiger partial charge in [-0.05, 0) is 42.9 Å². The van der Waals surface area contributed by atoms with Gasteiger partial charge in [0.25, 0.3) is 5.91 Å². The van der Waals surface area contributed by atoms with Gasteiger partial charge in [-0.1, -0.05) is 44.9 Å². The summed E-state index contributed by atoms with van der Waals surface area (Å²) in [6.45, 7) is 10.3. The zero-order chi connectivity index (χ0) is 22.9. The van der Waals surface area contributed by atoms with Crippen LogP contribution in [-0.4, -0.2) is 48.1 Å². The van der Waals surface area contributed by atoms with E-state index >= 15 is 0 Å². The predicted octanol–water partition coefficient (Wildman–Crippen LogP) is 4.88. The Morgan fingerprint density at radius 1 is 1.03 bits per heavy atom. The molecule has 6 nitrogen and oxygen atoms in total. The zero-order valence-corrected chi connectivity index (χ0v) is 20.6. The van der Waals surface area contributed by atoms with Gasteiger partial charge in [-0.25, -0.2) is 9.97 Å². The molecule has 1 aliphatic heterocycles. The van der Waals surface area contributed by atoms with Crippen molar-refractivity contribution in [3.63, 3.8) is 0 Å². The van der Waals surface area contributed by atoms with Gasteiger partial charge in [-0.15, -0.1) is 11.3 Å². The van der Waals surface area contributed by atoms with Crippen molar-refractivity contribution in [2.75, 3.05) is 36.0 Å². The maximum Gasteiger partial charge on any atom is 0.261 e. The number of nitrogens with one attached hydrogen (secondary N) is 1. The number of thiophene rings is 1. The van der Waals surface area contributed by atoms with Crippen molar-refractivity contribution >= 4 is 39.0 Å². The smallest absolute Gasteiger partial charge is 0.261 e. The number of aromatic nitrogens is 2. The highest BCUT2D eigenvalue weighted by atomic mass is 32.1. The van der Waals surface area contributed by atoms with Crippen LogP contribution in [0.15, 0.2) is 36.7 Å². The number of benzene rings is 1. The van der Waals surface area contributed by atoms with Crippen LogP contribution in [0.4, 0.5) is 11.5 Å². The van der Waals surface area contributed by atoms with Gasteiger partial charge in [0, 0.05) is 37.9 Å². The van der Waals surface area contributed by atoms with E-state index in [1.54, 1.807) is 6.33 Å². The maximum atomic E-state index is 13.3. The monoisotopic (exact) mass is 463 g/mol. The summed E-state index contributed by atoms with van der Waals surface area (Å²) >= 11 is 1.50. The van der Waals surface area contributed by atoms with E-state index in [4.69, 9.17) is 0 Å². The molecule has 1 saturated heterocycles. The predicted molar refractivity (Wildman–Crippen MR) is 136 cm³/mol. The minimum absolute atomic E-state index is 0.0429. The first-order valence-corrected chi connectivity index (χ1v) is 12.9. The third-order valence-electron chi connectivity index (χ3n) is 7.64. The van der Waals surface area contributed by atoms with E-state index in [0.717, 1.165) is 59.1 Å². The molecule has 2 aliphatic rings. The number of amides is 1. The molecule has 2 aromatic heterocycles. The Morgan fingerprint density at radius 2 is 1.76 bits per heavy atom. The SMILES string of the molecule is Cc1c(C(=O)N[C@@H]2CCC[C@H](C)[C@H]2C)sc2ncnc(N3CCN(c4ccccc4)CC3)c12. The molecule has 174 valence electrons. The highest BCUT2D eigenvalue weighted by Crippen LogP contribution is 2.36. The summed E-state index contributed by atoms with van der Waals surface area (Å²) in [5.74, 6) is 2.16. The minimum Gasteiger partial charge on any atom is -0.368 e. The van der Waals surface area contributed by atoms with Gasteiger partial charge in [0.2, 0.25) is 0 Å². The molecule has 0 spiro atoms. The number of hydrogen-bond acceptors (Lipinski definition) is 6. The van der Waals surface area contributed by atoms with Crippen molar-refractivity contribution in [2.45, 2.75) is 46.1 Å². The van der Waals surface area contributed by atoms with Gasteiger partial charge in [0.1, 0.15) is 17.0 Å². The number of hydrogen-bond donors (Lipinski definition) is 1. The molecule has 33 heavy (non-hydrogen) atoms. The fraction of sp³-hybridized carbons (Fsp3) is 0.500. The van der Waals surface area contributed by atoms with E-state index < -0.39 is 0 Å². The topological polar surface area (TPSA) is 61.4 Å². The molecule has 3 heterocycles. The Bertz CT molecular complexity index is 1120. The third kappa shape index (κ3) is 4.31. The van der Waals surface area contributed by atoms with E-state index in [2.05, 4.69) is 69.3 Å². The second-order valence-corrected chi connectivity index (χ2v) is 10.6. The van der Waals surface area contributed by atoms with Gasteiger partial charge >= 0.3 is 0 Å². The second-order valence-electron chi connectivity index (χ2n) is 9.59. The molecule has 1 N–H and O–H groups in total. The van der Waals surface area contributed by atoms with E-state index in [1.165, 1.54) is 29.9 Å². The van der Waals surface area contributed by atoms with Crippen LogP contribution in [0.25, 0.3) is 10.2 Å². The van der Waals surface area contributed by atoms with Gasteiger partial charge in [0.05, 0.1) is 10.3 Å². The number of carbonyl (C=O) groups is 1. The lowest BCUT2D eigenvalue weighted by molar-refractivity contribution is 0.0895. The first-order chi connectivity index (χ1) is 16.0. The Labute approximate surface area is 200 Å². The number of nitrogens with zero attached hydrogens (tertiary/aromatic N) is 4. The van der Waals surface area contributed by atoms with Gasteiger partial charge in [-0.2, -0.15) is 0 Å². The number of rotatable bonds is 4. The lowest BCUT2D eigenvalue weighted by Crippen LogP contribution is -2.46. The lowest BCUT2D eigenvalue weighted by Gasteiger charge is -2.37. The molecule has 3 atom stereocenters. The van der Waals surface area contributed by atoms with Gasteiger partial charge in [0.15, 0.2) is 0 Å². The fourth-order valence-electron chi connectivity index (χ4n) is 5.34. The first kappa shape index (κ1) is 22.1. The van der Waals surface area contributed by atoms with Crippen molar-refractivity contribution in [1.82, 2.24) is 15.3 Å². The fourth-order valence-corrected chi connectivity index (χ4v) is 6.39. The van der Waals surface area contributed by atoms with Crippen LogP contribution in [0.5, 0.6) is 0 Å². The number of aryl methyl sites for hydroxylation is 1. The molecule has 1 saturated carbocycles. The minimum atomic E-state index is 0.0429. The molecule has 0 unspecified atom stereocenters. The van der Waals surface area contributed by atoms with Crippen LogP contribution in [0, 0.1) is 18.8 Å². The van der Waals surface area contributed by atoms with Crippen molar-refractivity contribution in [3.8, 4) is 0 Å². The quantitative estimate of drug-likeness (QED) is 0.597. The van der Waals surface area contributed by atoms with E-state index in [0.29, 0.717) is 11.8 Å². The Balaban J connectivity index is 1.36. The Kier molecular flexibility index (Phi) is 6.23. The van der Waals surface area contributed by atoms with Crippen LogP contribution >= 0.6 is 11.3 Å². The highest BCUT2D eigenvalue weighted by molar-refractivity contribution is 7.20. The number of anilines is 2. The average Bonchev–Trinajstić information content (AvgIpc) is 3.19. The Morgan fingerprint density at radius 3 is 2.52 bits per heavy atom. The third-order valence-corrected chi connectivity index (χ3v) is 8.84. The second kappa shape index (κ2) is 9.29. The Hall–Kier alpha value is -2.67. The summed E-state index contributed by atoms with van der Waals surface area (Å²) in [6, 6.07) is 10.8.